The minimum absolute atomic E-state index is 0.101. The number of nitrogens with one attached hydrogen (secondary N) is 1. The van der Waals surface area contributed by atoms with Crippen LogP contribution in [0.2, 0.25) is 0 Å². The molecule has 0 aliphatic carbocycles. The average Bonchev–Trinajstić information content (AvgIpc) is 2.58. The van der Waals surface area contributed by atoms with Crippen molar-refractivity contribution in [1.82, 2.24) is 9.88 Å². The third-order valence-corrected chi connectivity index (χ3v) is 4.41. The van der Waals surface area contributed by atoms with Crippen LogP contribution in [0.1, 0.15) is 24.0 Å². The third kappa shape index (κ3) is 4.39. The van der Waals surface area contributed by atoms with Gasteiger partial charge in [0.15, 0.2) is 0 Å². The van der Waals surface area contributed by atoms with Crippen molar-refractivity contribution >= 4 is 11.6 Å². The Balaban J connectivity index is 1.48. The Morgan fingerprint density at radius 3 is 2.61 bits per heavy atom. The van der Waals surface area contributed by atoms with Crippen molar-refractivity contribution in [2.24, 2.45) is 5.92 Å². The number of anilines is 1. The van der Waals surface area contributed by atoms with Gasteiger partial charge in [-0.25, -0.2) is 0 Å². The van der Waals surface area contributed by atoms with Crippen LogP contribution in [0.3, 0.4) is 0 Å². The molecule has 1 saturated heterocycles. The van der Waals surface area contributed by atoms with Crippen LogP contribution in [0.15, 0.2) is 48.8 Å². The van der Waals surface area contributed by atoms with E-state index in [0.29, 0.717) is 0 Å². The summed E-state index contributed by atoms with van der Waals surface area (Å²) in [4.78, 5) is 18.8. The van der Waals surface area contributed by atoms with Gasteiger partial charge in [-0.1, -0.05) is 29.8 Å². The molecule has 0 radical (unpaired) electrons. The number of pyridine rings is 1. The molecule has 120 valence electrons. The number of nitrogens with zero attached hydrogens (tertiary/aromatic N) is 2. The van der Waals surface area contributed by atoms with Crippen LogP contribution in [0.25, 0.3) is 0 Å². The second kappa shape index (κ2) is 7.38. The number of amides is 1. The highest BCUT2D eigenvalue weighted by Gasteiger charge is 2.25. The Morgan fingerprint density at radius 1 is 1.22 bits per heavy atom. The van der Waals surface area contributed by atoms with E-state index in [-0.39, 0.29) is 11.8 Å². The predicted molar refractivity (Wildman–Crippen MR) is 92.0 cm³/mol. The first-order valence-corrected chi connectivity index (χ1v) is 8.19. The van der Waals surface area contributed by atoms with Crippen molar-refractivity contribution in [3.63, 3.8) is 0 Å². The molecule has 2 heterocycles. The largest absolute Gasteiger partial charge is 0.324 e. The Kier molecular flexibility index (Phi) is 5.03. The van der Waals surface area contributed by atoms with Gasteiger partial charge in [0.1, 0.15) is 0 Å². The molecule has 1 amide bonds. The van der Waals surface area contributed by atoms with Gasteiger partial charge >= 0.3 is 0 Å². The van der Waals surface area contributed by atoms with Gasteiger partial charge in [0.25, 0.3) is 0 Å². The molecule has 1 fully saturated rings. The standard InChI is InChI=1S/C19H23N3O/c1-15-4-6-16(7-5-15)14-22-11-8-17(9-12-22)19(23)21-18-3-2-10-20-13-18/h2-7,10,13,17H,8-9,11-12,14H2,1H3,(H,21,23). The lowest BCUT2D eigenvalue weighted by atomic mass is 9.95. The van der Waals surface area contributed by atoms with Crippen LogP contribution in [0, 0.1) is 12.8 Å². The molecule has 0 unspecified atom stereocenters. The molecule has 0 bridgehead atoms. The number of hydrogen-bond acceptors (Lipinski definition) is 3. The highest BCUT2D eigenvalue weighted by Crippen LogP contribution is 2.21. The molecule has 1 N–H and O–H groups in total. The molecule has 1 aliphatic heterocycles. The third-order valence-electron chi connectivity index (χ3n) is 4.41. The lowest BCUT2D eigenvalue weighted by Gasteiger charge is -2.31. The van der Waals surface area contributed by atoms with Crippen LogP contribution in [-0.2, 0) is 11.3 Å². The predicted octanol–water partition coefficient (Wildman–Crippen LogP) is 3.24. The van der Waals surface area contributed by atoms with E-state index >= 15 is 0 Å². The van der Waals surface area contributed by atoms with Crippen LogP contribution in [-0.4, -0.2) is 28.9 Å². The maximum absolute atomic E-state index is 12.3. The first kappa shape index (κ1) is 15.7. The van der Waals surface area contributed by atoms with E-state index < -0.39 is 0 Å². The zero-order chi connectivity index (χ0) is 16.1. The van der Waals surface area contributed by atoms with Gasteiger partial charge in [0.2, 0.25) is 5.91 Å². The Morgan fingerprint density at radius 2 is 1.96 bits per heavy atom. The molecule has 4 heteroatoms. The van der Waals surface area contributed by atoms with Crippen LogP contribution in [0.4, 0.5) is 5.69 Å². The van der Waals surface area contributed by atoms with Crippen molar-refractivity contribution in [3.05, 3.63) is 59.9 Å². The van der Waals surface area contributed by atoms with Crippen molar-refractivity contribution < 1.29 is 4.79 Å². The van der Waals surface area contributed by atoms with E-state index in [4.69, 9.17) is 0 Å². The summed E-state index contributed by atoms with van der Waals surface area (Å²) in [5.74, 6) is 0.220. The molecule has 23 heavy (non-hydrogen) atoms. The maximum atomic E-state index is 12.3. The zero-order valence-electron chi connectivity index (χ0n) is 13.5. The second-order valence-electron chi connectivity index (χ2n) is 6.27. The minimum atomic E-state index is 0.101. The topological polar surface area (TPSA) is 45.2 Å². The number of carbonyl (C=O) groups is 1. The van der Waals surface area contributed by atoms with Gasteiger partial charge in [-0.2, -0.15) is 0 Å². The first-order valence-electron chi connectivity index (χ1n) is 8.19. The summed E-state index contributed by atoms with van der Waals surface area (Å²) in [5, 5.41) is 2.96. The molecule has 1 aromatic heterocycles. The lowest BCUT2D eigenvalue weighted by molar-refractivity contribution is -0.121. The van der Waals surface area contributed by atoms with E-state index in [2.05, 4.69) is 46.4 Å². The fraction of sp³-hybridized carbons (Fsp3) is 0.368. The summed E-state index contributed by atoms with van der Waals surface area (Å²) in [6.45, 7) is 5.02. The molecule has 2 aromatic rings. The van der Waals surface area contributed by atoms with E-state index in [1.165, 1.54) is 11.1 Å². The number of aromatic nitrogens is 1. The Labute approximate surface area is 137 Å². The normalized spacial score (nSPS) is 16.2. The quantitative estimate of drug-likeness (QED) is 0.943. The van der Waals surface area contributed by atoms with E-state index in [0.717, 1.165) is 38.2 Å². The van der Waals surface area contributed by atoms with E-state index in [1.807, 2.05) is 12.1 Å². The highest BCUT2D eigenvalue weighted by molar-refractivity contribution is 5.92. The van der Waals surface area contributed by atoms with E-state index in [1.54, 1.807) is 12.4 Å². The summed E-state index contributed by atoms with van der Waals surface area (Å²) >= 11 is 0. The molecule has 0 spiro atoms. The minimum Gasteiger partial charge on any atom is -0.324 e. The van der Waals surface area contributed by atoms with Crippen molar-refractivity contribution in [2.75, 3.05) is 18.4 Å². The SMILES string of the molecule is Cc1ccc(CN2CCC(C(=O)Nc3cccnc3)CC2)cc1. The van der Waals surface area contributed by atoms with Crippen molar-refractivity contribution in [3.8, 4) is 0 Å². The zero-order valence-corrected chi connectivity index (χ0v) is 13.5. The average molecular weight is 309 g/mol. The first-order chi connectivity index (χ1) is 11.2. The fourth-order valence-corrected chi connectivity index (χ4v) is 2.99. The van der Waals surface area contributed by atoms with Gasteiger partial charge in [-0.3, -0.25) is 14.7 Å². The number of benzene rings is 1. The number of piperidine rings is 1. The number of hydrogen-bond donors (Lipinski definition) is 1. The fourth-order valence-electron chi connectivity index (χ4n) is 2.99. The van der Waals surface area contributed by atoms with Crippen molar-refractivity contribution in [2.45, 2.75) is 26.3 Å². The van der Waals surface area contributed by atoms with Gasteiger partial charge in [0.05, 0.1) is 11.9 Å². The van der Waals surface area contributed by atoms with Crippen molar-refractivity contribution in [1.29, 1.82) is 0 Å². The number of rotatable bonds is 4. The van der Waals surface area contributed by atoms with Gasteiger partial charge in [0, 0.05) is 18.7 Å². The van der Waals surface area contributed by atoms with Gasteiger partial charge in [-0.05, 0) is 50.6 Å². The van der Waals surface area contributed by atoms with Crippen LogP contribution < -0.4 is 5.32 Å². The molecule has 1 aromatic carbocycles. The molecule has 0 saturated carbocycles. The number of likely N-dealkylation sites (tertiary alicyclic amines) is 1. The van der Waals surface area contributed by atoms with Crippen LogP contribution in [0.5, 0.6) is 0 Å². The molecule has 3 rings (SSSR count). The van der Waals surface area contributed by atoms with Gasteiger partial charge < -0.3 is 5.32 Å². The number of aryl methyl sites for hydroxylation is 1. The van der Waals surface area contributed by atoms with Gasteiger partial charge in [-0.15, -0.1) is 0 Å². The Bertz CT molecular complexity index is 631. The Hall–Kier alpha value is -2.20. The summed E-state index contributed by atoms with van der Waals surface area (Å²) in [6, 6.07) is 12.4. The molecule has 1 aliphatic rings. The van der Waals surface area contributed by atoms with E-state index in [9.17, 15) is 4.79 Å². The highest BCUT2D eigenvalue weighted by atomic mass is 16.1. The second-order valence-corrected chi connectivity index (χ2v) is 6.27. The molecule has 0 atom stereocenters. The molecular formula is C19H23N3O. The number of carbonyl (C=O) groups excluding carboxylic acids is 1. The molecular weight excluding hydrogens is 286 g/mol. The molecule has 4 nitrogen and oxygen atoms in total. The smallest absolute Gasteiger partial charge is 0.227 e. The summed E-state index contributed by atoms with van der Waals surface area (Å²) in [5.41, 5.74) is 3.41. The monoisotopic (exact) mass is 309 g/mol. The summed E-state index contributed by atoms with van der Waals surface area (Å²) < 4.78 is 0. The maximum Gasteiger partial charge on any atom is 0.227 e. The summed E-state index contributed by atoms with van der Waals surface area (Å²) in [6.07, 6.45) is 5.22. The lowest BCUT2D eigenvalue weighted by Crippen LogP contribution is -2.37. The van der Waals surface area contributed by atoms with Crippen LogP contribution >= 0.6 is 0 Å². The summed E-state index contributed by atoms with van der Waals surface area (Å²) in [7, 11) is 0.